The van der Waals surface area contributed by atoms with Gasteiger partial charge in [-0.3, -0.25) is 4.99 Å². The van der Waals surface area contributed by atoms with E-state index >= 15 is 0 Å². The zero-order valence-electron chi connectivity index (χ0n) is 14.7. The minimum atomic E-state index is 0. The van der Waals surface area contributed by atoms with Gasteiger partial charge in [-0.05, 0) is 45.4 Å². The first-order valence-corrected chi connectivity index (χ1v) is 9.25. The largest absolute Gasteiger partial charge is 0.381 e. The summed E-state index contributed by atoms with van der Waals surface area (Å²) in [6, 6.07) is 0.421. The monoisotopic (exact) mass is 453 g/mol. The average molecular weight is 453 g/mol. The van der Waals surface area contributed by atoms with Crippen molar-refractivity contribution in [2.45, 2.75) is 69.8 Å². The molecule has 3 heterocycles. The molecule has 2 bridgehead atoms. The van der Waals surface area contributed by atoms with Gasteiger partial charge in [0.25, 0.3) is 0 Å². The van der Waals surface area contributed by atoms with Crippen LogP contribution in [-0.4, -0.2) is 63.2 Å². The first kappa shape index (κ1) is 20.2. The van der Waals surface area contributed by atoms with Gasteiger partial charge in [0.05, 0.1) is 24.4 Å². The summed E-state index contributed by atoms with van der Waals surface area (Å²) in [7, 11) is 0. The summed E-state index contributed by atoms with van der Waals surface area (Å²) in [5.74, 6) is 0.916. The first-order chi connectivity index (χ1) is 11.3. The Labute approximate surface area is 162 Å². The Balaban J connectivity index is 0.00000208. The maximum absolute atomic E-state index is 5.90. The Hall–Kier alpha value is -0.120. The van der Waals surface area contributed by atoms with Crippen molar-refractivity contribution in [1.82, 2.24) is 10.6 Å². The second-order valence-corrected chi connectivity index (χ2v) is 6.66. The van der Waals surface area contributed by atoms with Crippen LogP contribution in [0.2, 0.25) is 0 Å². The molecule has 3 unspecified atom stereocenters. The van der Waals surface area contributed by atoms with E-state index < -0.39 is 0 Å². The molecule has 24 heavy (non-hydrogen) atoms. The van der Waals surface area contributed by atoms with Gasteiger partial charge in [-0.15, -0.1) is 24.0 Å². The van der Waals surface area contributed by atoms with Crippen molar-refractivity contribution >= 4 is 29.9 Å². The lowest BCUT2D eigenvalue weighted by Gasteiger charge is -2.23. The van der Waals surface area contributed by atoms with Gasteiger partial charge in [0.15, 0.2) is 5.96 Å². The summed E-state index contributed by atoms with van der Waals surface area (Å²) < 4.78 is 17.1. The van der Waals surface area contributed by atoms with Crippen LogP contribution in [0.3, 0.4) is 0 Å². The number of aliphatic imine (C=N–C) groups is 1. The molecule has 3 fully saturated rings. The van der Waals surface area contributed by atoms with Crippen molar-refractivity contribution in [1.29, 1.82) is 0 Å². The normalized spacial score (nSPS) is 30.2. The highest BCUT2D eigenvalue weighted by Crippen LogP contribution is 2.34. The molecule has 0 radical (unpaired) electrons. The molecule has 7 heteroatoms. The van der Waals surface area contributed by atoms with Crippen molar-refractivity contribution in [2.24, 2.45) is 4.99 Å². The molecule has 3 saturated heterocycles. The highest BCUT2D eigenvalue weighted by atomic mass is 127. The summed E-state index contributed by atoms with van der Waals surface area (Å²) in [4.78, 5) is 4.68. The van der Waals surface area contributed by atoms with E-state index in [-0.39, 0.29) is 24.0 Å². The highest BCUT2D eigenvalue weighted by molar-refractivity contribution is 14.0. The van der Waals surface area contributed by atoms with E-state index in [1.165, 1.54) is 12.8 Å². The van der Waals surface area contributed by atoms with Crippen LogP contribution in [0.25, 0.3) is 0 Å². The fourth-order valence-electron chi connectivity index (χ4n) is 3.63. The summed E-state index contributed by atoms with van der Waals surface area (Å²) >= 11 is 0. The van der Waals surface area contributed by atoms with Gasteiger partial charge in [0.1, 0.15) is 0 Å². The SMILES string of the molecule is CCNC(=NCCCOC1CCOCC1)NC1CC2CCC1O2.I. The molecule has 0 aromatic heterocycles. The topological polar surface area (TPSA) is 64.1 Å². The second-order valence-electron chi connectivity index (χ2n) is 6.66. The summed E-state index contributed by atoms with van der Waals surface area (Å²) in [6.45, 7) is 6.23. The van der Waals surface area contributed by atoms with Gasteiger partial charge < -0.3 is 24.8 Å². The molecular formula is C17H32IN3O3. The molecular weight excluding hydrogens is 421 g/mol. The molecule has 140 valence electrons. The zero-order chi connectivity index (χ0) is 15.9. The molecule has 3 atom stereocenters. The highest BCUT2D eigenvalue weighted by Gasteiger charge is 2.41. The molecule has 0 aromatic carbocycles. The number of nitrogens with zero attached hydrogens (tertiary/aromatic N) is 1. The predicted octanol–water partition coefficient (Wildman–Crippen LogP) is 2.07. The Kier molecular flexibility index (Phi) is 9.07. The number of ether oxygens (including phenoxy) is 3. The predicted molar refractivity (Wildman–Crippen MR) is 105 cm³/mol. The van der Waals surface area contributed by atoms with Crippen LogP contribution >= 0.6 is 24.0 Å². The lowest BCUT2D eigenvalue weighted by Crippen LogP contribution is -2.47. The molecule has 3 aliphatic heterocycles. The number of halogens is 1. The molecule has 2 N–H and O–H groups in total. The lowest BCUT2D eigenvalue weighted by molar-refractivity contribution is -0.0318. The van der Waals surface area contributed by atoms with Crippen molar-refractivity contribution in [3.8, 4) is 0 Å². The maximum atomic E-state index is 5.90. The van der Waals surface area contributed by atoms with Crippen LogP contribution < -0.4 is 10.6 Å². The third-order valence-corrected chi connectivity index (χ3v) is 4.87. The van der Waals surface area contributed by atoms with Crippen LogP contribution in [0.5, 0.6) is 0 Å². The number of rotatable bonds is 7. The molecule has 6 nitrogen and oxygen atoms in total. The standard InChI is InChI=1S/C17H31N3O3.HI/c1-2-18-17(20-15-12-14-4-5-16(15)23-14)19-8-3-9-22-13-6-10-21-11-7-13;/h13-16H,2-12H2,1H3,(H2,18,19,20);1H. The molecule has 0 spiro atoms. The molecule has 0 aliphatic carbocycles. The first-order valence-electron chi connectivity index (χ1n) is 9.25. The maximum Gasteiger partial charge on any atom is 0.191 e. The van der Waals surface area contributed by atoms with Crippen molar-refractivity contribution in [3.05, 3.63) is 0 Å². The van der Waals surface area contributed by atoms with E-state index in [0.29, 0.717) is 24.4 Å². The van der Waals surface area contributed by atoms with Crippen LogP contribution in [0.1, 0.15) is 45.4 Å². The third-order valence-electron chi connectivity index (χ3n) is 4.87. The summed E-state index contributed by atoms with van der Waals surface area (Å²) in [5, 5.41) is 6.88. The fraction of sp³-hybridized carbons (Fsp3) is 0.941. The Morgan fingerprint density at radius 2 is 2.04 bits per heavy atom. The Morgan fingerprint density at radius 1 is 1.21 bits per heavy atom. The van der Waals surface area contributed by atoms with E-state index in [2.05, 4.69) is 22.5 Å². The summed E-state index contributed by atoms with van der Waals surface area (Å²) in [5.41, 5.74) is 0. The molecule has 0 saturated carbocycles. The number of hydrogen-bond acceptors (Lipinski definition) is 4. The number of nitrogens with one attached hydrogen (secondary N) is 2. The van der Waals surface area contributed by atoms with Crippen molar-refractivity contribution < 1.29 is 14.2 Å². The van der Waals surface area contributed by atoms with Gasteiger partial charge in [-0.1, -0.05) is 0 Å². The van der Waals surface area contributed by atoms with E-state index in [4.69, 9.17) is 14.2 Å². The number of guanidine groups is 1. The third kappa shape index (κ3) is 6.00. The molecule has 3 aliphatic rings. The molecule has 0 amide bonds. The Morgan fingerprint density at radius 3 is 2.71 bits per heavy atom. The van der Waals surface area contributed by atoms with Gasteiger partial charge in [0, 0.05) is 32.9 Å². The Bertz CT molecular complexity index is 391. The van der Waals surface area contributed by atoms with E-state index in [0.717, 1.165) is 64.6 Å². The number of fused-ring (bicyclic) bond motifs is 2. The summed E-state index contributed by atoms with van der Waals surface area (Å²) in [6.07, 6.45) is 7.75. The van der Waals surface area contributed by atoms with Crippen LogP contribution in [0, 0.1) is 0 Å². The van der Waals surface area contributed by atoms with Crippen LogP contribution in [0.4, 0.5) is 0 Å². The smallest absolute Gasteiger partial charge is 0.191 e. The quantitative estimate of drug-likeness (QED) is 0.268. The van der Waals surface area contributed by atoms with E-state index in [1.54, 1.807) is 0 Å². The lowest BCUT2D eigenvalue weighted by atomic mass is 9.96. The van der Waals surface area contributed by atoms with E-state index in [1.807, 2.05) is 0 Å². The van der Waals surface area contributed by atoms with Crippen molar-refractivity contribution in [3.63, 3.8) is 0 Å². The van der Waals surface area contributed by atoms with Gasteiger partial charge in [0.2, 0.25) is 0 Å². The van der Waals surface area contributed by atoms with Gasteiger partial charge in [-0.25, -0.2) is 0 Å². The molecule has 0 aromatic rings. The van der Waals surface area contributed by atoms with Crippen LogP contribution in [0.15, 0.2) is 4.99 Å². The van der Waals surface area contributed by atoms with Gasteiger partial charge >= 0.3 is 0 Å². The molecule has 3 rings (SSSR count). The van der Waals surface area contributed by atoms with E-state index in [9.17, 15) is 0 Å². The minimum absolute atomic E-state index is 0. The zero-order valence-corrected chi connectivity index (χ0v) is 17.0. The number of hydrogen-bond donors (Lipinski definition) is 2. The fourth-order valence-corrected chi connectivity index (χ4v) is 3.63. The average Bonchev–Trinajstić information content (AvgIpc) is 3.18. The minimum Gasteiger partial charge on any atom is -0.381 e. The van der Waals surface area contributed by atoms with Crippen LogP contribution in [-0.2, 0) is 14.2 Å². The van der Waals surface area contributed by atoms with Crippen molar-refractivity contribution in [2.75, 3.05) is 32.9 Å². The second kappa shape index (κ2) is 10.8. The van der Waals surface area contributed by atoms with Gasteiger partial charge in [-0.2, -0.15) is 0 Å².